The first-order valence-electron chi connectivity index (χ1n) is 9.98. The Labute approximate surface area is 162 Å². The van der Waals surface area contributed by atoms with Crippen LogP contribution in [0.25, 0.3) is 0 Å². The molecule has 1 atom stereocenters. The molecule has 0 unspecified atom stereocenters. The van der Waals surface area contributed by atoms with Gasteiger partial charge < -0.3 is 0 Å². The van der Waals surface area contributed by atoms with E-state index >= 15 is 0 Å². The van der Waals surface area contributed by atoms with Crippen molar-refractivity contribution >= 4 is 0 Å². The third-order valence-corrected chi connectivity index (χ3v) is 5.27. The summed E-state index contributed by atoms with van der Waals surface area (Å²) < 4.78 is 2.00. The summed E-state index contributed by atoms with van der Waals surface area (Å²) in [5.74, 6) is 1.58. The van der Waals surface area contributed by atoms with Crippen molar-refractivity contribution in [3.8, 4) is 0 Å². The molecule has 1 aromatic carbocycles. The molecule has 1 fully saturated rings. The Morgan fingerprint density at radius 1 is 1.11 bits per heavy atom. The predicted molar refractivity (Wildman–Crippen MR) is 109 cm³/mol. The minimum Gasteiger partial charge on any atom is -0.297 e. The average Bonchev–Trinajstić information content (AvgIpc) is 3.11. The lowest BCUT2D eigenvalue weighted by Crippen LogP contribution is -2.48. The molecule has 27 heavy (non-hydrogen) atoms. The summed E-state index contributed by atoms with van der Waals surface area (Å²) in [4.78, 5) is 4.96. The summed E-state index contributed by atoms with van der Waals surface area (Å²) >= 11 is 0. The van der Waals surface area contributed by atoms with Crippen molar-refractivity contribution in [3.05, 3.63) is 53.9 Å². The number of tetrazole rings is 1. The Balaban J connectivity index is 1.86. The average molecular weight is 369 g/mol. The third-order valence-electron chi connectivity index (χ3n) is 5.27. The molecular formula is C21H32N6. The molecule has 0 amide bonds. The van der Waals surface area contributed by atoms with E-state index in [-0.39, 0.29) is 6.04 Å². The summed E-state index contributed by atoms with van der Waals surface area (Å²) in [6.45, 7) is 16.4. The number of nitrogens with zero attached hydrogens (tertiary/aromatic N) is 6. The van der Waals surface area contributed by atoms with Crippen molar-refractivity contribution in [1.29, 1.82) is 0 Å². The van der Waals surface area contributed by atoms with Crippen molar-refractivity contribution in [1.82, 2.24) is 30.0 Å². The molecule has 0 spiro atoms. The molecule has 0 bridgehead atoms. The van der Waals surface area contributed by atoms with Gasteiger partial charge in [-0.2, -0.15) is 0 Å². The van der Waals surface area contributed by atoms with Crippen molar-refractivity contribution in [2.75, 3.05) is 32.7 Å². The topological polar surface area (TPSA) is 50.1 Å². The van der Waals surface area contributed by atoms with Crippen LogP contribution < -0.4 is 0 Å². The lowest BCUT2D eigenvalue weighted by molar-refractivity contribution is 0.112. The largest absolute Gasteiger partial charge is 0.297 e. The minimum absolute atomic E-state index is 0.0960. The first kappa shape index (κ1) is 19.7. The number of rotatable bonds is 8. The van der Waals surface area contributed by atoms with Gasteiger partial charge >= 0.3 is 0 Å². The Morgan fingerprint density at radius 3 is 2.44 bits per heavy atom. The Bertz CT molecular complexity index is 713. The van der Waals surface area contributed by atoms with Crippen LogP contribution in [0.5, 0.6) is 0 Å². The van der Waals surface area contributed by atoms with Gasteiger partial charge in [-0.05, 0) is 35.3 Å². The highest BCUT2D eigenvalue weighted by Gasteiger charge is 2.30. The highest BCUT2D eigenvalue weighted by molar-refractivity contribution is 5.28. The number of aromatic nitrogens is 4. The fraction of sp³-hybridized carbons (Fsp3) is 0.571. The van der Waals surface area contributed by atoms with Gasteiger partial charge in [0.25, 0.3) is 0 Å². The van der Waals surface area contributed by atoms with Gasteiger partial charge in [-0.25, -0.2) is 4.68 Å². The van der Waals surface area contributed by atoms with Crippen LogP contribution in [0.3, 0.4) is 0 Å². The van der Waals surface area contributed by atoms with Crippen LogP contribution in [0.15, 0.2) is 36.9 Å². The summed E-state index contributed by atoms with van der Waals surface area (Å²) in [5, 5.41) is 12.8. The molecular weight excluding hydrogens is 336 g/mol. The van der Waals surface area contributed by atoms with E-state index < -0.39 is 0 Å². The van der Waals surface area contributed by atoms with Gasteiger partial charge in [-0.1, -0.05) is 49.8 Å². The van der Waals surface area contributed by atoms with E-state index in [1.807, 2.05) is 10.8 Å². The summed E-state index contributed by atoms with van der Waals surface area (Å²) in [6, 6.07) is 8.89. The van der Waals surface area contributed by atoms with E-state index in [4.69, 9.17) is 0 Å². The maximum Gasteiger partial charge on any atom is 0.173 e. The molecule has 6 heteroatoms. The summed E-state index contributed by atoms with van der Waals surface area (Å²) in [7, 11) is 0. The van der Waals surface area contributed by atoms with Crippen LogP contribution in [0.4, 0.5) is 0 Å². The van der Waals surface area contributed by atoms with Crippen molar-refractivity contribution < 1.29 is 0 Å². The van der Waals surface area contributed by atoms with Crippen LogP contribution >= 0.6 is 0 Å². The van der Waals surface area contributed by atoms with Crippen LogP contribution in [-0.2, 0) is 6.54 Å². The third kappa shape index (κ3) is 5.02. The van der Waals surface area contributed by atoms with Crippen LogP contribution in [0.2, 0.25) is 0 Å². The first-order chi connectivity index (χ1) is 13.1. The molecule has 1 aliphatic heterocycles. The molecule has 1 saturated heterocycles. The molecule has 146 valence electrons. The molecule has 3 rings (SSSR count). The maximum absolute atomic E-state index is 4.45. The Hall–Kier alpha value is -2.05. The lowest BCUT2D eigenvalue weighted by atomic mass is 10.0. The standard InChI is InChI=1S/C21H32N6/c1-5-11-25-13-15-26(16-14-25)20(19-8-6-18(4)7-9-19)21-22-23-24-27(21)12-10-17(2)3/h5-9,17,20H,1,10-16H2,2-4H3/t20-/m1/s1. The van der Waals surface area contributed by atoms with Gasteiger partial charge in [0, 0.05) is 39.3 Å². The molecule has 1 aromatic heterocycles. The fourth-order valence-electron chi connectivity index (χ4n) is 3.61. The van der Waals surface area contributed by atoms with Crippen molar-refractivity contribution in [2.24, 2.45) is 5.92 Å². The highest BCUT2D eigenvalue weighted by Crippen LogP contribution is 2.28. The molecule has 0 aliphatic carbocycles. The van der Waals surface area contributed by atoms with Gasteiger partial charge in [-0.15, -0.1) is 11.7 Å². The number of hydrogen-bond acceptors (Lipinski definition) is 5. The zero-order chi connectivity index (χ0) is 19.2. The molecule has 0 radical (unpaired) electrons. The minimum atomic E-state index is 0.0960. The second-order valence-corrected chi connectivity index (χ2v) is 7.88. The van der Waals surface area contributed by atoms with Crippen LogP contribution in [0, 0.1) is 12.8 Å². The van der Waals surface area contributed by atoms with Gasteiger partial charge in [0.15, 0.2) is 5.82 Å². The Kier molecular flexibility index (Phi) is 6.74. The van der Waals surface area contributed by atoms with E-state index in [0.29, 0.717) is 5.92 Å². The smallest absolute Gasteiger partial charge is 0.173 e. The highest BCUT2D eigenvalue weighted by atomic mass is 15.6. The maximum atomic E-state index is 4.45. The van der Waals surface area contributed by atoms with Crippen LogP contribution in [-0.4, -0.2) is 62.7 Å². The van der Waals surface area contributed by atoms with E-state index in [9.17, 15) is 0 Å². The van der Waals surface area contributed by atoms with E-state index in [2.05, 4.69) is 76.9 Å². The fourth-order valence-corrected chi connectivity index (χ4v) is 3.61. The molecule has 2 aromatic rings. The van der Waals surface area contributed by atoms with Crippen molar-refractivity contribution in [2.45, 2.75) is 39.8 Å². The number of hydrogen-bond donors (Lipinski definition) is 0. The zero-order valence-corrected chi connectivity index (χ0v) is 16.9. The quantitative estimate of drug-likeness (QED) is 0.671. The molecule has 2 heterocycles. The van der Waals surface area contributed by atoms with E-state index in [1.165, 1.54) is 11.1 Å². The SMILES string of the molecule is C=CCN1CCN([C@H](c2ccc(C)cc2)c2nnnn2CCC(C)C)CC1. The van der Waals surface area contributed by atoms with Crippen LogP contribution in [0.1, 0.15) is 43.3 Å². The second kappa shape index (κ2) is 9.24. The molecule has 6 nitrogen and oxygen atoms in total. The summed E-state index contributed by atoms with van der Waals surface area (Å²) in [5.41, 5.74) is 2.53. The normalized spacial score (nSPS) is 17.3. The van der Waals surface area contributed by atoms with E-state index in [1.54, 1.807) is 0 Å². The lowest BCUT2D eigenvalue weighted by Gasteiger charge is -2.38. The number of aryl methyl sites for hydroxylation is 2. The Morgan fingerprint density at radius 2 is 1.81 bits per heavy atom. The number of piperazine rings is 1. The second-order valence-electron chi connectivity index (χ2n) is 7.88. The van der Waals surface area contributed by atoms with Gasteiger partial charge in [0.1, 0.15) is 0 Å². The molecule has 0 N–H and O–H groups in total. The monoisotopic (exact) mass is 368 g/mol. The first-order valence-corrected chi connectivity index (χ1v) is 9.98. The van der Waals surface area contributed by atoms with E-state index in [0.717, 1.165) is 51.5 Å². The predicted octanol–water partition coefficient (Wildman–Crippen LogP) is 2.92. The molecule has 0 saturated carbocycles. The summed E-state index contributed by atoms with van der Waals surface area (Å²) in [6.07, 6.45) is 3.06. The molecule has 1 aliphatic rings. The zero-order valence-electron chi connectivity index (χ0n) is 16.9. The number of benzene rings is 1. The van der Waals surface area contributed by atoms with Gasteiger partial charge in [0.2, 0.25) is 0 Å². The van der Waals surface area contributed by atoms with Gasteiger partial charge in [0.05, 0.1) is 6.04 Å². The van der Waals surface area contributed by atoms with Crippen molar-refractivity contribution in [3.63, 3.8) is 0 Å². The van der Waals surface area contributed by atoms with Gasteiger partial charge in [-0.3, -0.25) is 9.80 Å².